The number of phenols is 1. The number of rotatable bonds is 5. The third-order valence-corrected chi connectivity index (χ3v) is 6.13. The van der Waals surface area contributed by atoms with Crippen molar-refractivity contribution in [2.45, 2.75) is 37.5 Å². The van der Waals surface area contributed by atoms with Crippen LogP contribution in [0.1, 0.15) is 30.1 Å². The number of β-amino-alcohol motifs (C(OH)–C–C–N with tert-alkyl or cyclic N) is 1. The van der Waals surface area contributed by atoms with Gasteiger partial charge in [-0.1, -0.05) is 42.5 Å². The number of aromatic hydroxyl groups is 1. The van der Waals surface area contributed by atoms with Gasteiger partial charge in [0.1, 0.15) is 5.75 Å². The molecule has 0 amide bonds. The second-order valence-corrected chi connectivity index (χ2v) is 7.87. The zero-order valence-electron chi connectivity index (χ0n) is 14.9. The summed E-state index contributed by atoms with van der Waals surface area (Å²) in [7, 11) is 0. The molecule has 1 aliphatic carbocycles. The first-order valence-corrected chi connectivity index (χ1v) is 9.53. The molecule has 4 heteroatoms. The van der Waals surface area contributed by atoms with Crippen molar-refractivity contribution in [2.24, 2.45) is 11.8 Å². The number of hydrogen-bond acceptors (Lipinski definition) is 4. The molecule has 3 N–H and O–H groups in total. The Morgan fingerprint density at radius 3 is 2.46 bits per heavy atom. The number of aliphatic hydroxyl groups excluding tert-OH is 2. The van der Waals surface area contributed by atoms with Gasteiger partial charge in [-0.15, -0.1) is 0 Å². The lowest BCUT2D eigenvalue weighted by molar-refractivity contribution is 0.0879. The Balaban J connectivity index is 1.50. The van der Waals surface area contributed by atoms with Crippen molar-refractivity contribution in [2.75, 3.05) is 13.1 Å². The fraction of sp³-hybridized carbons (Fsp3) is 0.455. The van der Waals surface area contributed by atoms with Gasteiger partial charge in [0.2, 0.25) is 0 Å². The van der Waals surface area contributed by atoms with E-state index in [0.29, 0.717) is 24.4 Å². The summed E-state index contributed by atoms with van der Waals surface area (Å²) in [6.45, 7) is 1.53. The molecule has 26 heavy (non-hydrogen) atoms. The van der Waals surface area contributed by atoms with E-state index >= 15 is 0 Å². The van der Waals surface area contributed by atoms with Crippen LogP contribution in [0.25, 0.3) is 0 Å². The van der Waals surface area contributed by atoms with Crippen LogP contribution >= 0.6 is 0 Å². The predicted octanol–water partition coefficient (Wildman–Crippen LogP) is 2.74. The molecule has 1 saturated heterocycles. The van der Waals surface area contributed by atoms with Crippen LogP contribution in [0.15, 0.2) is 54.6 Å². The summed E-state index contributed by atoms with van der Waals surface area (Å²) in [5.41, 5.74) is 2.14. The van der Waals surface area contributed by atoms with Gasteiger partial charge in [0.25, 0.3) is 0 Å². The average Bonchev–Trinajstić information content (AvgIpc) is 3.13. The molecule has 4 unspecified atom stereocenters. The summed E-state index contributed by atoms with van der Waals surface area (Å²) in [6.07, 6.45) is 1.96. The number of benzene rings is 2. The quantitative estimate of drug-likeness (QED) is 0.773. The van der Waals surface area contributed by atoms with E-state index in [1.165, 1.54) is 5.56 Å². The second kappa shape index (κ2) is 7.39. The van der Waals surface area contributed by atoms with Crippen LogP contribution in [0.5, 0.6) is 5.75 Å². The van der Waals surface area contributed by atoms with Gasteiger partial charge in [-0.3, -0.25) is 4.90 Å². The van der Waals surface area contributed by atoms with Crippen molar-refractivity contribution in [3.63, 3.8) is 0 Å². The molecule has 0 bridgehead atoms. The normalized spacial score (nSPS) is 29.6. The van der Waals surface area contributed by atoms with E-state index in [1.54, 1.807) is 24.3 Å². The third-order valence-electron chi connectivity index (χ3n) is 6.13. The molecule has 2 fully saturated rings. The fourth-order valence-electron chi connectivity index (χ4n) is 4.89. The van der Waals surface area contributed by atoms with Gasteiger partial charge in [-0.25, -0.2) is 0 Å². The maximum absolute atomic E-state index is 10.7. The minimum Gasteiger partial charge on any atom is -0.508 e. The summed E-state index contributed by atoms with van der Waals surface area (Å²) in [5.74, 6) is 1.23. The lowest BCUT2D eigenvalue weighted by Gasteiger charge is -2.30. The molecule has 138 valence electrons. The number of nitrogens with zero attached hydrogens (tertiary/aromatic N) is 1. The van der Waals surface area contributed by atoms with E-state index in [-0.39, 0.29) is 11.9 Å². The summed E-state index contributed by atoms with van der Waals surface area (Å²) in [5, 5.41) is 30.2. The van der Waals surface area contributed by atoms with Crippen molar-refractivity contribution in [3.8, 4) is 5.75 Å². The standard InChI is InChI=1S/C22H27NO3/c24-18-8-6-16(7-9-18)22(26)14-23-13-17-11-19(25)12-20(17)21(23)10-15-4-2-1-3-5-15/h1-9,17,19-22,24-26H,10-14H2/t17?,19?,20?,21?,22-/m0/s1. The molecule has 2 aromatic rings. The summed E-state index contributed by atoms with van der Waals surface area (Å²) < 4.78 is 0. The van der Waals surface area contributed by atoms with Crippen molar-refractivity contribution in [1.82, 2.24) is 4.90 Å². The van der Waals surface area contributed by atoms with Gasteiger partial charge in [0.15, 0.2) is 0 Å². The Morgan fingerprint density at radius 2 is 1.73 bits per heavy atom. The number of hydrogen-bond donors (Lipinski definition) is 3. The summed E-state index contributed by atoms with van der Waals surface area (Å²) in [4.78, 5) is 2.41. The van der Waals surface area contributed by atoms with Crippen LogP contribution in [0.3, 0.4) is 0 Å². The number of fused-ring (bicyclic) bond motifs is 1. The van der Waals surface area contributed by atoms with E-state index in [0.717, 1.165) is 31.4 Å². The van der Waals surface area contributed by atoms with Crippen LogP contribution in [0.2, 0.25) is 0 Å². The highest BCUT2D eigenvalue weighted by Crippen LogP contribution is 2.44. The largest absolute Gasteiger partial charge is 0.508 e. The summed E-state index contributed by atoms with van der Waals surface area (Å²) >= 11 is 0. The first kappa shape index (κ1) is 17.5. The Kier molecular flexibility index (Phi) is 4.98. The molecule has 1 heterocycles. The monoisotopic (exact) mass is 353 g/mol. The van der Waals surface area contributed by atoms with E-state index < -0.39 is 6.10 Å². The van der Waals surface area contributed by atoms with Crippen molar-refractivity contribution >= 4 is 0 Å². The van der Waals surface area contributed by atoms with Crippen LogP contribution < -0.4 is 0 Å². The minimum absolute atomic E-state index is 0.174. The molecule has 4 nitrogen and oxygen atoms in total. The molecule has 0 aromatic heterocycles. The molecule has 1 aliphatic heterocycles. The Labute approximate surface area is 154 Å². The highest BCUT2D eigenvalue weighted by Gasteiger charge is 2.47. The molecule has 4 rings (SSSR count). The average molecular weight is 353 g/mol. The van der Waals surface area contributed by atoms with Crippen molar-refractivity contribution < 1.29 is 15.3 Å². The maximum atomic E-state index is 10.7. The molecule has 1 saturated carbocycles. The van der Waals surface area contributed by atoms with Gasteiger partial charge >= 0.3 is 0 Å². The minimum atomic E-state index is -0.572. The first-order valence-electron chi connectivity index (χ1n) is 9.53. The lowest BCUT2D eigenvalue weighted by atomic mass is 9.90. The zero-order chi connectivity index (χ0) is 18.1. The molecular formula is C22H27NO3. The zero-order valence-corrected chi connectivity index (χ0v) is 14.9. The number of phenolic OH excluding ortho intramolecular Hbond substituents is 1. The van der Waals surface area contributed by atoms with E-state index in [9.17, 15) is 15.3 Å². The van der Waals surface area contributed by atoms with Gasteiger partial charge < -0.3 is 15.3 Å². The highest BCUT2D eigenvalue weighted by atomic mass is 16.3. The molecule has 2 aromatic carbocycles. The highest BCUT2D eigenvalue weighted by molar-refractivity contribution is 5.27. The maximum Gasteiger partial charge on any atom is 0.115 e. The Bertz CT molecular complexity index is 718. The van der Waals surface area contributed by atoms with E-state index in [2.05, 4.69) is 29.2 Å². The third kappa shape index (κ3) is 3.63. The topological polar surface area (TPSA) is 63.9 Å². The van der Waals surface area contributed by atoms with Crippen LogP contribution in [-0.4, -0.2) is 45.5 Å². The van der Waals surface area contributed by atoms with Crippen molar-refractivity contribution in [1.29, 1.82) is 0 Å². The van der Waals surface area contributed by atoms with E-state index in [1.807, 2.05) is 6.07 Å². The summed E-state index contributed by atoms with van der Waals surface area (Å²) in [6, 6.07) is 17.7. The predicted molar refractivity (Wildman–Crippen MR) is 101 cm³/mol. The first-order chi connectivity index (χ1) is 12.6. The Hall–Kier alpha value is -1.88. The smallest absolute Gasteiger partial charge is 0.115 e. The van der Waals surface area contributed by atoms with Gasteiger partial charge in [-0.2, -0.15) is 0 Å². The number of aliphatic hydroxyl groups is 2. The van der Waals surface area contributed by atoms with Crippen LogP contribution in [0, 0.1) is 11.8 Å². The van der Waals surface area contributed by atoms with Crippen LogP contribution in [0.4, 0.5) is 0 Å². The van der Waals surface area contributed by atoms with Gasteiger partial charge in [-0.05, 0) is 54.4 Å². The second-order valence-electron chi connectivity index (χ2n) is 7.87. The number of likely N-dealkylation sites (tertiary alicyclic amines) is 1. The molecule has 0 radical (unpaired) electrons. The van der Waals surface area contributed by atoms with E-state index in [4.69, 9.17) is 0 Å². The molecule has 2 aliphatic rings. The molecule has 0 spiro atoms. The van der Waals surface area contributed by atoms with Crippen LogP contribution in [-0.2, 0) is 6.42 Å². The van der Waals surface area contributed by atoms with Crippen molar-refractivity contribution in [3.05, 3.63) is 65.7 Å². The van der Waals surface area contributed by atoms with Gasteiger partial charge in [0.05, 0.1) is 12.2 Å². The SMILES string of the molecule is Oc1ccc([C@@H](O)CN2CC3CC(O)CC3C2Cc2ccccc2)cc1. The molecular weight excluding hydrogens is 326 g/mol. The Morgan fingerprint density at radius 1 is 1.00 bits per heavy atom. The molecule has 5 atom stereocenters. The lowest BCUT2D eigenvalue weighted by Crippen LogP contribution is -2.38. The van der Waals surface area contributed by atoms with Gasteiger partial charge in [0, 0.05) is 19.1 Å². The fourth-order valence-corrected chi connectivity index (χ4v) is 4.89.